The van der Waals surface area contributed by atoms with Crippen LogP contribution >= 0.6 is 11.6 Å². The number of nitrogens with zero attached hydrogens (tertiary/aromatic N) is 2. The van der Waals surface area contributed by atoms with E-state index >= 15 is 0 Å². The Kier molecular flexibility index (Phi) is 6.07. The SMILES string of the molecule is CC(C)(CO)N/C=C(/C#N)C(=O)Nc1ccc(Cl)c([N+](=O)[O-])c1. The van der Waals surface area contributed by atoms with Crippen molar-refractivity contribution >= 4 is 28.9 Å². The molecule has 3 N–H and O–H groups in total. The number of nitrogens with one attached hydrogen (secondary N) is 2. The smallest absolute Gasteiger partial charge is 0.289 e. The van der Waals surface area contributed by atoms with E-state index < -0.39 is 16.4 Å². The van der Waals surface area contributed by atoms with E-state index in [0.717, 1.165) is 6.07 Å². The second-order valence-electron chi connectivity index (χ2n) is 5.23. The van der Waals surface area contributed by atoms with Gasteiger partial charge in [-0.25, -0.2) is 0 Å². The lowest BCUT2D eigenvalue weighted by atomic mass is 10.1. The monoisotopic (exact) mass is 338 g/mol. The molecule has 0 aliphatic heterocycles. The minimum absolute atomic E-state index is 0.0598. The van der Waals surface area contributed by atoms with E-state index in [1.54, 1.807) is 19.9 Å². The number of aliphatic hydroxyl groups excluding tert-OH is 1. The number of carbonyl (C=O) groups excluding carboxylic acids is 1. The van der Waals surface area contributed by atoms with E-state index in [4.69, 9.17) is 22.0 Å². The first-order valence-corrected chi connectivity index (χ1v) is 6.82. The molecule has 0 saturated heterocycles. The van der Waals surface area contributed by atoms with Crippen molar-refractivity contribution in [3.8, 4) is 6.07 Å². The zero-order chi connectivity index (χ0) is 17.6. The van der Waals surface area contributed by atoms with Gasteiger partial charge in [0.2, 0.25) is 0 Å². The van der Waals surface area contributed by atoms with Crippen molar-refractivity contribution < 1.29 is 14.8 Å². The molecule has 0 bridgehead atoms. The van der Waals surface area contributed by atoms with Gasteiger partial charge in [0.1, 0.15) is 16.7 Å². The second-order valence-corrected chi connectivity index (χ2v) is 5.64. The van der Waals surface area contributed by atoms with E-state index in [2.05, 4.69) is 10.6 Å². The summed E-state index contributed by atoms with van der Waals surface area (Å²) in [7, 11) is 0. The molecule has 0 radical (unpaired) electrons. The molecule has 0 saturated carbocycles. The Hall–Kier alpha value is -2.63. The van der Waals surface area contributed by atoms with Crippen LogP contribution in [0.5, 0.6) is 0 Å². The summed E-state index contributed by atoms with van der Waals surface area (Å²) < 4.78 is 0. The molecule has 0 aliphatic carbocycles. The fourth-order valence-corrected chi connectivity index (χ4v) is 1.58. The summed E-state index contributed by atoms with van der Waals surface area (Å²) in [4.78, 5) is 22.1. The number of aliphatic hydroxyl groups is 1. The Bertz CT molecular complexity index is 695. The Morgan fingerprint density at radius 3 is 2.74 bits per heavy atom. The van der Waals surface area contributed by atoms with Crippen LogP contribution < -0.4 is 10.6 Å². The van der Waals surface area contributed by atoms with Gasteiger partial charge in [-0.1, -0.05) is 11.6 Å². The number of nitro benzene ring substituents is 1. The standard InChI is InChI=1S/C14H15ClN4O4/c1-14(2,8-20)17-7-9(6-16)13(21)18-10-3-4-11(15)12(5-10)19(22)23/h3-5,7,17,20H,8H2,1-2H3,(H,18,21)/b9-7-. The maximum Gasteiger partial charge on any atom is 0.289 e. The number of hydrogen-bond acceptors (Lipinski definition) is 6. The van der Waals surface area contributed by atoms with Crippen LogP contribution in [0.4, 0.5) is 11.4 Å². The number of halogens is 1. The summed E-state index contributed by atoms with van der Waals surface area (Å²) in [5.41, 5.74) is -1.18. The number of nitriles is 1. The third-order valence-electron chi connectivity index (χ3n) is 2.77. The summed E-state index contributed by atoms with van der Waals surface area (Å²) >= 11 is 5.68. The quantitative estimate of drug-likeness (QED) is 0.315. The number of anilines is 1. The molecule has 23 heavy (non-hydrogen) atoms. The molecule has 122 valence electrons. The maximum atomic E-state index is 12.0. The van der Waals surface area contributed by atoms with Crippen LogP contribution in [-0.2, 0) is 4.79 Å². The lowest BCUT2D eigenvalue weighted by Crippen LogP contribution is -2.39. The highest BCUT2D eigenvalue weighted by Gasteiger charge is 2.17. The van der Waals surface area contributed by atoms with E-state index in [-0.39, 0.29) is 28.6 Å². The molecule has 0 aliphatic rings. The summed E-state index contributed by atoms with van der Waals surface area (Å²) in [6.07, 6.45) is 1.18. The van der Waals surface area contributed by atoms with Crippen LogP contribution in [0.3, 0.4) is 0 Å². The molecule has 1 aromatic rings. The van der Waals surface area contributed by atoms with E-state index in [0.29, 0.717) is 0 Å². The topological polar surface area (TPSA) is 128 Å². The lowest BCUT2D eigenvalue weighted by molar-refractivity contribution is -0.384. The van der Waals surface area contributed by atoms with Crippen LogP contribution in [0.25, 0.3) is 0 Å². The van der Waals surface area contributed by atoms with Crippen LogP contribution in [0.15, 0.2) is 30.0 Å². The van der Waals surface area contributed by atoms with Gasteiger partial charge in [0.05, 0.1) is 17.1 Å². The van der Waals surface area contributed by atoms with Gasteiger partial charge >= 0.3 is 0 Å². The van der Waals surface area contributed by atoms with Crippen molar-refractivity contribution in [3.05, 3.63) is 45.1 Å². The Morgan fingerprint density at radius 2 is 2.22 bits per heavy atom. The first-order valence-electron chi connectivity index (χ1n) is 6.44. The third-order valence-corrected chi connectivity index (χ3v) is 3.09. The highest BCUT2D eigenvalue weighted by atomic mass is 35.5. The van der Waals surface area contributed by atoms with E-state index in [1.807, 2.05) is 0 Å². The molecule has 0 heterocycles. The molecule has 1 aromatic carbocycles. The van der Waals surface area contributed by atoms with E-state index in [9.17, 15) is 14.9 Å². The van der Waals surface area contributed by atoms with Crippen molar-refractivity contribution in [2.24, 2.45) is 0 Å². The van der Waals surface area contributed by atoms with Gasteiger partial charge in [-0.05, 0) is 26.0 Å². The first kappa shape index (κ1) is 18.4. The van der Waals surface area contributed by atoms with Crippen LogP contribution in [-0.4, -0.2) is 28.1 Å². The molecule has 9 heteroatoms. The lowest BCUT2D eigenvalue weighted by Gasteiger charge is -2.22. The molecule has 0 aromatic heterocycles. The summed E-state index contributed by atoms with van der Waals surface area (Å²) in [5, 5.41) is 34.0. The van der Waals surface area contributed by atoms with Gasteiger partial charge in [-0.15, -0.1) is 0 Å². The second kappa shape index (κ2) is 7.58. The average molecular weight is 339 g/mol. The Balaban J connectivity index is 2.94. The molecule has 0 fully saturated rings. The van der Waals surface area contributed by atoms with Crippen LogP contribution in [0.2, 0.25) is 5.02 Å². The molecular formula is C14H15ClN4O4. The molecule has 1 rings (SSSR count). The largest absolute Gasteiger partial charge is 0.394 e. The Morgan fingerprint density at radius 1 is 1.57 bits per heavy atom. The van der Waals surface area contributed by atoms with Gasteiger partial charge in [0.25, 0.3) is 11.6 Å². The molecular weight excluding hydrogens is 324 g/mol. The van der Waals surface area contributed by atoms with Crippen molar-refractivity contribution in [3.63, 3.8) is 0 Å². The fraction of sp³-hybridized carbons (Fsp3) is 0.286. The number of carbonyl (C=O) groups is 1. The summed E-state index contributed by atoms with van der Waals surface area (Å²) in [5.74, 6) is -0.745. The predicted octanol–water partition coefficient (Wildman–Crippen LogP) is 1.95. The number of rotatable bonds is 6. The number of benzene rings is 1. The molecule has 0 unspecified atom stereocenters. The first-order chi connectivity index (χ1) is 10.7. The van der Waals surface area contributed by atoms with Crippen molar-refractivity contribution in [2.45, 2.75) is 19.4 Å². The minimum atomic E-state index is -0.745. The highest BCUT2D eigenvalue weighted by molar-refractivity contribution is 6.32. The van der Waals surface area contributed by atoms with Crippen molar-refractivity contribution in [1.29, 1.82) is 5.26 Å². The third kappa shape index (κ3) is 5.25. The molecule has 1 amide bonds. The van der Waals surface area contributed by atoms with Crippen LogP contribution in [0, 0.1) is 21.4 Å². The fourth-order valence-electron chi connectivity index (χ4n) is 1.39. The summed E-state index contributed by atoms with van der Waals surface area (Å²) in [6.45, 7) is 3.16. The normalized spacial score (nSPS) is 11.5. The highest BCUT2D eigenvalue weighted by Crippen LogP contribution is 2.27. The van der Waals surface area contributed by atoms with Crippen LogP contribution in [0.1, 0.15) is 13.8 Å². The molecule has 8 nitrogen and oxygen atoms in total. The average Bonchev–Trinajstić information content (AvgIpc) is 2.49. The van der Waals surface area contributed by atoms with Gasteiger partial charge in [-0.2, -0.15) is 5.26 Å². The van der Waals surface area contributed by atoms with Gasteiger partial charge in [0.15, 0.2) is 0 Å². The number of hydrogen-bond donors (Lipinski definition) is 3. The zero-order valence-electron chi connectivity index (χ0n) is 12.5. The number of nitro groups is 1. The van der Waals surface area contributed by atoms with Crippen molar-refractivity contribution in [1.82, 2.24) is 5.32 Å². The van der Waals surface area contributed by atoms with Gasteiger partial charge in [-0.3, -0.25) is 14.9 Å². The Labute approximate surface area is 137 Å². The molecule has 0 spiro atoms. The molecule has 0 atom stereocenters. The summed E-state index contributed by atoms with van der Waals surface area (Å²) in [6, 6.07) is 5.47. The zero-order valence-corrected chi connectivity index (χ0v) is 13.2. The van der Waals surface area contributed by atoms with Crippen molar-refractivity contribution in [2.75, 3.05) is 11.9 Å². The minimum Gasteiger partial charge on any atom is -0.394 e. The van der Waals surface area contributed by atoms with Gasteiger partial charge in [0, 0.05) is 18.0 Å². The maximum absolute atomic E-state index is 12.0. The predicted molar refractivity (Wildman–Crippen MR) is 84.7 cm³/mol. The van der Waals surface area contributed by atoms with Gasteiger partial charge < -0.3 is 15.7 Å². The number of amides is 1. The van der Waals surface area contributed by atoms with E-state index in [1.165, 1.54) is 18.3 Å².